The first-order valence-corrected chi connectivity index (χ1v) is 4.86. The predicted octanol–water partition coefficient (Wildman–Crippen LogP) is 1.40. The number of hydrogen-bond donors (Lipinski definition) is 0. The molecule has 13 heavy (non-hydrogen) atoms. The third kappa shape index (κ3) is 2.07. The van der Waals surface area contributed by atoms with Crippen LogP contribution in [0.25, 0.3) is 0 Å². The molecule has 0 saturated carbocycles. The Hall–Kier alpha value is -0.880. The van der Waals surface area contributed by atoms with Crippen LogP contribution in [0.3, 0.4) is 0 Å². The van der Waals surface area contributed by atoms with Gasteiger partial charge in [-0.05, 0) is 6.07 Å². The van der Waals surface area contributed by atoms with Gasteiger partial charge >= 0.3 is 10.2 Å². The summed E-state index contributed by atoms with van der Waals surface area (Å²) in [5, 5.41) is -0.354. The van der Waals surface area contributed by atoms with Gasteiger partial charge in [0.2, 0.25) is 5.88 Å². The normalized spacial score (nSPS) is 11.3. The molecule has 0 fully saturated rings. The van der Waals surface area contributed by atoms with Crippen molar-refractivity contribution in [3.05, 3.63) is 17.3 Å². The van der Waals surface area contributed by atoms with Crippen LogP contribution < -0.4 is 4.74 Å². The van der Waals surface area contributed by atoms with Crippen LogP contribution >= 0.6 is 11.6 Å². The maximum atomic E-state index is 12.5. The number of pyridine rings is 1. The quantitative estimate of drug-likeness (QED) is 0.714. The Morgan fingerprint density at radius 1 is 1.62 bits per heavy atom. The van der Waals surface area contributed by atoms with Crippen molar-refractivity contribution in [3.8, 4) is 5.88 Å². The summed E-state index contributed by atoms with van der Waals surface area (Å²) >= 11 is 5.49. The molecule has 7 heteroatoms. The summed E-state index contributed by atoms with van der Waals surface area (Å²) in [6.07, 6.45) is 1.09. The second-order valence-electron chi connectivity index (χ2n) is 2.07. The van der Waals surface area contributed by atoms with Crippen LogP contribution in [-0.2, 0) is 10.2 Å². The largest absolute Gasteiger partial charge is 0.480 e. The maximum Gasteiger partial charge on any atom is 0.333 e. The third-order valence-corrected chi connectivity index (χ3v) is 2.62. The lowest BCUT2D eigenvalue weighted by Crippen LogP contribution is -1.97. The average molecular weight is 226 g/mol. The lowest BCUT2D eigenvalue weighted by molar-refractivity contribution is 0.396. The molecule has 0 spiro atoms. The van der Waals surface area contributed by atoms with Gasteiger partial charge in [0, 0.05) is 6.20 Å². The van der Waals surface area contributed by atoms with E-state index in [1.807, 2.05) is 0 Å². The molecular formula is C6H5ClFNO3S. The molecule has 0 radical (unpaired) electrons. The first-order chi connectivity index (χ1) is 5.96. The minimum atomic E-state index is -4.82. The summed E-state index contributed by atoms with van der Waals surface area (Å²) in [7, 11) is -3.57. The van der Waals surface area contributed by atoms with E-state index < -0.39 is 15.1 Å². The van der Waals surface area contributed by atoms with E-state index in [0.29, 0.717) is 0 Å². The fourth-order valence-electron chi connectivity index (χ4n) is 0.739. The van der Waals surface area contributed by atoms with E-state index in [4.69, 9.17) is 11.6 Å². The van der Waals surface area contributed by atoms with Crippen molar-refractivity contribution in [2.45, 2.75) is 4.90 Å². The molecule has 0 aromatic carbocycles. The van der Waals surface area contributed by atoms with Crippen molar-refractivity contribution in [3.63, 3.8) is 0 Å². The van der Waals surface area contributed by atoms with Gasteiger partial charge < -0.3 is 4.74 Å². The maximum absolute atomic E-state index is 12.5. The smallest absolute Gasteiger partial charge is 0.333 e. The lowest BCUT2D eigenvalue weighted by atomic mass is 10.5. The number of rotatable bonds is 2. The molecule has 1 aromatic heterocycles. The van der Waals surface area contributed by atoms with Gasteiger partial charge in [-0.1, -0.05) is 11.6 Å². The van der Waals surface area contributed by atoms with Crippen LogP contribution in [0.2, 0.25) is 5.02 Å². The highest BCUT2D eigenvalue weighted by atomic mass is 35.5. The van der Waals surface area contributed by atoms with Crippen molar-refractivity contribution in [2.24, 2.45) is 0 Å². The molecule has 0 N–H and O–H groups in total. The van der Waals surface area contributed by atoms with Gasteiger partial charge in [-0.15, -0.1) is 3.89 Å². The SMILES string of the molecule is COc1nccc(S(=O)(=O)F)c1Cl. The third-order valence-electron chi connectivity index (χ3n) is 1.28. The highest BCUT2D eigenvalue weighted by Crippen LogP contribution is 2.29. The molecule has 0 atom stereocenters. The van der Waals surface area contributed by atoms with Crippen molar-refractivity contribution in [1.29, 1.82) is 0 Å². The second-order valence-corrected chi connectivity index (χ2v) is 3.76. The van der Waals surface area contributed by atoms with Gasteiger partial charge in [-0.2, -0.15) is 8.42 Å². The van der Waals surface area contributed by atoms with E-state index in [1.54, 1.807) is 0 Å². The molecule has 0 aliphatic carbocycles. The molecular weight excluding hydrogens is 221 g/mol. The molecule has 72 valence electrons. The summed E-state index contributed by atoms with van der Waals surface area (Å²) in [4.78, 5) is 2.95. The van der Waals surface area contributed by atoms with Crippen molar-refractivity contribution >= 4 is 21.8 Å². The Morgan fingerprint density at radius 3 is 2.69 bits per heavy atom. The Labute approximate surface area is 79.5 Å². The Kier molecular flexibility index (Phi) is 2.72. The zero-order valence-corrected chi connectivity index (χ0v) is 8.06. The molecule has 1 aromatic rings. The molecule has 0 aliphatic heterocycles. The molecule has 1 heterocycles. The molecule has 0 amide bonds. The van der Waals surface area contributed by atoms with Crippen LogP contribution in [0.5, 0.6) is 5.88 Å². The topological polar surface area (TPSA) is 56.3 Å². The van der Waals surface area contributed by atoms with Crippen LogP contribution in [0.1, 0.15) is 0 Å². The average Bonchev–Trinajstić information content (AvgIpc) is 2.02. The number of aromatic nitrogens is 1. The van der Waals surface area contributed by atoms with Gasteiger partial charge in [0.05, 0.1) is 7.11 Å². The summed E-state index contributed by atoms with van der Waals surface area (Å²) in [5.74, 6) is -0.125. The number of halogens is 2. The first kappa shape index (κ1) is 10.2. The molecule has 1 rings (SSSR count). The predicted molar refractivity (Wildman–Crippen MR) is 44.1 cm³/mol. The fourth-order valence-corrected chi connectivity index (χ4v) is 1.73. The molecule has 4 nitrogen and oxygen atoms in total. The highest BCUT2D eigenvalue weighted by molar-refractivity contribution is 7.86. The van der Waals surface area contributed by atoms with Gasteiger partial charge in [0.15, 0.2) is 0 Å². The molecule has 0 aliphatic rings. The zero-order chi connectivity index (χ0) is 10.1. The van der Waals surface area contributed by atoms with Gasteiger partial charge in [-0.3, -0.25) is 0 Å². The second kappa shape index (κ2) is 3.47. The minimum Gasteiger partial charge on any atom is -0.480 e. The Morgan fingerprint density at radius 2 is 2.23 bits per heavy atom. The molecule has 0 bridgehead atoms. The highest BCUT2D eigenvalue weighted by Gasteiger charge is 2.19. The standard InChI is InChI=1S/C6H5ClFNO3S/c1-12-6-5(7)4(2-3-9-6)13(8,10)11/h2-3H,1H3. The lowest BCUT2D eigenvalue weighted by Gasteiger charge is -2.02. The Bertz CT molecular complexity index is 420. The van der Waals surface area contributed by atoms with Gasteiger partial charge in [0.25, 0.3) is 0 Å². The number of methoxy groups -OCH3 is 1. The van der Waals surface area contributed by atoms with Crippen LogP contribution in [0.15, 0.2) is 17.2 Å². The van der Waals surface area contributed by atoms with E-state index in [0.717, 1.165) is 12.3 Å². The molecule has 0 saturated heterocycles. The monoisotopic (exact) mass is 225 g/mol. The summed E-state index contributed by atoms with van der Waals surface area (Å²) in [6.45, 7) is 0. The first-order valence-electron chi connectivity index (χ1n) is 3.10. The van der Waals surface area contributed by atoms with Crippen molar-refractivity contribution < 1.29 is 17.0 Å². The summed E-state index contributed by atoms with van der Waals surface area (Å²) in [5.41, 5.74) is 0. The van der Waals surface area contributed by atoms with Crippen molar-refractivity contribution in [1.82, 2.24) is 4.98 Å². The van der Waals surface area contributed by atoms with E-state index in [-0.39, 0.29) is 10.9 Å². The number of nitrogens with zero attached hydrogens (tertiary/aromatic N) is 1. The zero-order valence-electron chi connectivity index (χ0n) is 6.49. The number of ether oxygens (including phenoxy) is 1. The van der Waals surface area contributed by atoms with Crippen LogP contribution in [0, 0.1) is 0 Å². The summed E-state index contributed by atoms with van der Waals surface area (Å²) < 4.78 is 38.1. The van der Waals surface area contributed by atoms with Gasteiger partial charge in [-0.25, -0.2) is 4.98 Å². The van der Waals surface area contributed by atoms with Crippen LogP contribution in [0.4, 0.5) is 3.89 Å². The molecule has 0 unspecified atom stereocenters. The Balaban J connectivity index is 3.41. The van der Waals surface area contributed by atoms with E-state index >= 15 is 0 Å². The fraction of sp³-hybridized carbons (Fsp3) is 0.167. The van der Waals surface area contributed by atoms with E-state index in [9.17, 15) is 12.3 Å². The van der Waals surface area contributed by atoms with E-state index in [2.05, 4.69) is 9.72 Å². The minimum absolute atomic E-state index is 0.125. The summed E-state index contributed by atoms with van der Waals surface area (Å²) in [6, 6.07) is 0.959. The van der Waals surface area contributed by atoms with E-state index in [1.165, 1.54) is 7.11 Å². The van der Waals surface area contributed by atoms with Gasteiger partial charge in [0.1, 0.15) is 9.92 Å². The van der Waals surface area contributed by atoms with Crippen molar-refractivity contribution in [2.75, 3.05) is 7.11 Å². The number of hydrogen-bond acceptors (Lipinski definition) is 4. The van der Waals surface area contributed by atoms with Crippen LogP contribution in [-0.4, -0.2) is 20.5 Å².